The molecule has 0 radical (unpaired) electrons. The molecular weight excluding hydrogens is 665 g/mol. The SMILES string of the molecule is [2H]c1c([2H])c([2H])c(N(c2ccc3c(c2)C2(c4ccccc4-c4ccc(N(c5ccccc5)c5ccccc5)cc42)c2ccccc2-3)c2cccc3ccccc23)c([2H])c1[2H]. The van der Waals surface area contributed by atoms with Crippen LogP contribution in [0.15, 0.2) is 218 Å². The third kappa shape index (κ3) is 4.68. The molecule has 1 unspecified atom stereocenters. The third-order valence-electron chi connectivity index (χ3n) is 11.3. The van der Waals surface area contributed by atoms with Crippen LogP contribution in [0.4, 0.5) is 34.1 Å². The molecule has 55 heavy (non-hydrogen) atoms. The first-order valence-corrected chi connectivity index (χ1v) is 18.6. The summed E-state index contributed by atoms with van der Waals surface area (Å²) in [4.78, 5) is 4.17. The molecule has 258 valence electrons. The van der Waals surface area contributed by atoms with Crippen LogP contribution in [-0.4, -0.2) is 0 Å². The van der Waals surface area contributed by atoms with Gasteiger partial charge in [-0.05, 0) is 117 Å². The van der Waals surface area contributed by atoms with Gasteiger partial charge in [-0.2, -0.15) is 0 Å². The second-order valence-electron chi connectivity index (χ2n) is 14.1. The quantitative estimate of drug-likeness (QED) is 0.170. The zero-order valence-electron chi connectivity index (χ0n) is 34.8. The molecule has 2 nitrogen and oxygen atoms in total. The lowest BCUT2D eigenvalue weighted by Gasteiger charge is -2.33. The van der Waals surface area contributed by atoms with Crippen molar-refractivity contribution in [1.29, 1.82) is 0 Å². The highest BCUT2D eigenvalue weighted by molar-refractivity contribution is 6.01. The van der Waals surface area contributed by atoms with E-state index in [-0.39, 0.29) is 29.9 Å². The van der Waals surface area contributed by atoms with Crippen molar-refractivity contribution in [3.05, 3.63) is 241 Å². The van der Waals surface area contributed by atoms with E-state index in [1.54, 1.807) is 0 Å². The Labute approximate surface area is 328 Å². The zero-order valence-corrected chi connectivity index (χ0v) is 29.8. The minimum absolute atomic E-state index is 0.0951. The van der Waals surface area contributed by atoms with Crippen LogP contribution in [0, 0.1) is 0 Å². The second kappa shape index (κ2) is 12.5. The Morgan fingerprint density at radius 2 is 0.836 bits per heavy atom. The average molecular weight is 706 g/mol. The standard InChI is InChI=1S/C53H36N2/c1-4-19-38(20-5-1)54(39-21-6-2-7-22-39)41-31-33-46-44-26-12-14-28-48(44)53(50(46)35-41)49-29-15-13-27-45(49)47-34-32-42(36-51(47)53)55(40-23-8-3-9-24-40)52-30-16-18-37-17-10-11-25-43(37)52/h1-36H/i3D,8D,9D,23D,24D. The van der Waals surface area contributed by atoms with Crippen LogP contribution in [-0.2, 0) is 5.41 Å². The first-order valence-electron chi connectivity index (χ1n) is 21.1. The number of nitrogens with zero attached hydrogens (tertiary/aromatic N) is 2. The first-order chi connectivity index (χ1) is 29.4. The molecule has 0 N–H and O–H groups in total. The topological polar surface area (TPSA) is 6.48 Å². The molecule has 0 aliphatic heterocycles. The van der Waals surface area contributed by atoms with Gasteiger partial charge >= 0.3 is 0 Å². The first kappa shape index (κ1) is 26.6. The highest BCUT2D eigenvalue weighted by Gasteiger charge is 2.52. The Hall–Kier alpha value is -7.16. The largest absolute Gasteiger partial charge is 0.310 e. The van der Waals surface area contributed by atoms with Crippen molar-refractivity contribution in [2.75, 3.05) is 9.80 Å². The molecule has 0 amide bonds. The lowest BCUT2D eigenvalue weighted by molar-refractivity contribution is 0.793. The second-order valence-corrected chi connectivity index (χ2v) is 14.1. The molecule has 0 bridgehead atoms. The summed E-state index contributed by atoms with van der Waals surface area (Å²) in [5.74, 6) is 0. The van der Waals surface area contributed by atoms with E-state index in [4.69, 9.17) is 4.11 Å². The van der Waals surface area contributed by atoms with Crippen molar-refractivity contribution in [3.63, 3.8) is 0 Å². The molecule has 2 aliphatic carbocycles. The molecule has 11 rings (SSSR count). The molecule has 1 spiro atoms. The van der Waals surface area contributed by atoms with Crippen LogP contribution < -0.4 is 9.80 Å². The van der Waals surface area contributed by atoms with Crippen LogP contribution in [0.25, 0.3) is 33.0 Å². The molecule has 9 aromatic carbocycles. The van der Waals surface area contributed by atoms with E-state index in [0.29, 0.717) is 11.4 Å². The Balaban J connectivity index is 1.22. The lowest BCUT2D eigenvalue weighted by atomic mass is 9.70. The number of benzene rings is 9. The maximum absolute atomic E-state index is 9.27. The van der Waals surface area contributed by atoms with Gasteiger partial charge in [-0.1, -0.05) is 152 Å². The summed E-state index contributed by atoms with van der Waals surface area (Å²) in [5.41, 5.74) is 13.0. The van der Waals surface area contributed by atoms with Gasteiger partial charge in [0.15, 0.2) is 0 Å². The van der Waals surface area contributed by atoms with Crippen LogP contribution in [0.3, 0.4) is 0 Å². The Kier molecular flexibility index (Phi) is 6.03. The summed E-state index contributed by atoms with van der Waals surface area (Å²) >= 11 is 0. The van der Waals surface area contributed by atoms with E-state index in [1.807, 2.05) is 65.6 Å². The minimum atomic E-state index is -0.743. The molecule has 2 heteroatoms. The van der Waals surface area contributed by atoms with Crippen molar-refractivity contribution >= 4 is 44.9 Å². The fourth-order valence-electron chi connectivity index (χ4n) is 9.14. The van der Waals surface area contributed by atoms with Gasteiger partial charge in [-0.25, -0.2) is 0 Å². The lowest BCUT2D eigenvalue weighted by Crippen LogP contribution is -2.26. The van der Waals surface area contributed by atoms with Gasteiger partial charge < -0.3 is 9.80 Å². The maximum atomic E-state index is 9.27. The number of para-hydroxylation sites is 3. The van der Waals surface area contributed by atoms with Gasteiger partial charge in [0, 0.05) is 33.8 Å². The molecule has 2 aliphatic rings. The summed E-state index contributed by atoms with van der Waals surface area (Å²) in [6.45, 7) is 0. The van der Waals surface area contributed by atoms with Gasteiger partial charge in [0.2, 0.25) is 0 Å². The van der Waals surface area contributed by atoms with Crippen molar-refractivity contribution in [2.24, 2.45) is 0 Å². The number of anilines is 6. The summed E-state index contributed by atoms with van der Waals surface area (Å²) in [6, 6.07) is 63.7. The van der Waals surface area contributed by atoms with Crippen LogP contribution >= 0.6 is 0 Å². The number of hydrogen-bond acceptors (Lipinski definition) is 2. The minimum Gasteiger partial charge on any atom is -0.310 e. The molecule has 1 atom stereocenters. The predicted molar refractivity (Wildman–Crippen MR) is 230 cm³/mol. The number of rotatable bonds is 6. The van der Waals surface area contributed by atoms with Gasteiger partial charge in [-0.3, -0.25) is 0 Å². The van der Waals surface area contributed by atoms with Crippen molar-refractivity contribution in [3.8, 4) is 22.3 Å². The number of hydrogen-bond donors (Lipinski definition) is 0. The molecule has 9 aromatic rings. The normalized spacial score (nSPS) is 15.9. The molecular formula is C53H36N2. The van der Waals surface area contributed by atoms with Gasteiger partial charge in [-0.15, -0.1) is 0 Å². The van der Waals surface area contributed by atoms with Gasteiger partial charge in [0.05, 0.1) is 18.0 Å². The molecule has 0 heterocycles. The van der Waals surface area contributed by atoms with Crippen molar-refractivity contribution in [1.82, 2.24) is 0 Å². The van der Waals surface area contributed by atoms with Crippen molar-refractivity contribution < 1.29 is 6.85 Å². The summed E-state index contributed by atoms with van der Waals surface area (Å²) < 4.78 is 44.5. The summed E-state index contributed by atoms with van der Waals surface area (Å²) in [6.07, 6.45) is 0. The smallest absolute Gasteiger partial charge is 0.0727 e. The third-order valence-corrected chi connectivity index (χ3v) is 11.3. The van der Waals surface area contributed by atoms with E-state index >= 15 is 0 Å². The fraction of sp³-hybridized carbons (Fsp3) is 0.0189. The Bertz CT molecular complexity index is 3100. The van der Waals surface area contributed by atoms with E-state index in [1.165, 1.54) is 11.1 Å². The van der Waals surface area contributed by atoms with E-state index < -0.39 is 11.5 Å². The molecule has 0 saturated carbocycles. The monoisotopic (exact) mass is 705 g/mol. The van der Waals surface area contributed by atoms with Crippen LogP contribution in [0.1, 0.15) is 29.1 Å². The number of fused-ring (bicyclic) bond motifs is 11. The van der Waals surface area contributed by atoms with Gasteiger partial charge in [0.1, 0.15) is 0 Å². The average Bonchev–Trinajstić information content (AvgIpc) is 3.76. The van der Waals surface area contributed by atoms with E-state index in [0.717, 1.165) is 61.2 Å². The summed E-state index contributed by atoms with van der Waals surface area (Å²) in [5, 5.41) is 1.87. The predicted octanol–water partition coefficient (Wildman–Crippen LogP) is 14.1. The maximum Gasteiger partial charge on any atom is 0.0727 e. The summed E-state index contributed by atoms with van der Waals surface area (Å²) in [7, 11) is 0. The highest BCUT2D eigenvalue weighted by Crippen LogP contribution is 2.64. The van der Waals surface area contributed by atoms with Crippen LogP contribution in [0.5, 0.6) is 0 Å². The Morgan fingerprint density at radius 1 is 0.345 bits per heavy atom. The van der Waals surface area contributed by atoms with Crippen molar-refractivity contribution in [2.45, 2.75) is 5.41 Å². The fourth-order valence-corrected chi connectivity index (χ4v) is 9.14. The van der Waals surface area contributed by atoms with Crippen LogP contribution in [0.2, 0.25) is 0 Å². The van der Waals surface area contributed by atoms with E-state index in [9.17, 15) is 2.74 Å². The van der Waals surface area contributed by atoms with Gasteiger partial charge in [0.25, 0.3) is 0 Å². The molecule has 0 aromatic heterocycles. The Morgan fingerprint density at radius 3 is 1.45 bits per heavy atom. The highest BCUT2D eigenvalue weighted by atomic mass is 15.1. The molecule has 0 fully saturated rings. The zero-order chi connectivity index (χ0) is 40.7. The van der Waals surface area contributed by atoms with E-state index in [2.05, 4.69) is 132 Å². The molecule has 0 saturated heterocycles.